The lowest BCUT2D eigenvalue weighted by Gasteiger charge is -2.17. The second-order valence-electron chi connectivity index (χ2n) is 5.47. The highest BCUT2D eigenvalue weighted by molar-refractivity contribution is 7.17. The smallest absolute Gasteiger partial charge is 0.261 e. The SMILES string of the molecule is CCC(Oc1ncc(Cl)cc1Cl)C(=O)NCc1ccc2sccc2c1. The first-order valence-corrected chi connectivity index (χ1v) is 9.42. The Kier molecular flexibility index (Phi) is 5.78. The lowest BCUT2D eigenvalue weighted by Crippen LogP contribution is -2.37. The summed E-state index contributed by atoms with van der Waals surface area (Å²) in [4.78, 5) is 16.4. The Morgan fingerprint density at radius 3 is 2.92 bits per heavy atom. The topological polar surface area (TPSA) is 51.2 Å². The first-order chi connectivity index (χ1) is 12.1. The van der Waals surface area contributed by atoms with Crippen molar-refractivity contribution in [1.82, 2.24) is 10.3 Å². The third-order valence-electron chi connectivity index (χ3n) is 3.67. The molecule has 0 saturated carbocycles. The molecule has 0 aliphatic heterocycles. The molecule has 4 nitrogen and oxygen atoms in total. The van der Waals surface area contributed by atoms with E-state index in [2.05, 4.69) is 33.9 Å². The number of thiophene rings is 1. The molecular weight excluding hydrogens is 379 g/mol. The molecule has 3 rings (SSSR count). The van der Waals surface area contributed by atoms with Crippen LogP contribution in [0, 0.1) is 0 Å². The number of carbonyl (C=O) groups excluding carboxylic acids is 1. The highest BCUT2D eigenvalue weighted by Gasteiger charge is 2.20. The number of nitrogens with zero attached hydrogens (tertiary/aromatic N) is 1. The maximum absolute atomic E-state index is 12.4. The van der Waals surface area contributed by atoms with Gasteiger partial charge < -0.3 is 10.1 Å². The summed E-state index contributed by atoms with van der Waals surface area (Å²) in [6, 6.07) is 9.75. The Hall–Kier alpha value is -1.82. The van der Waals surface area contributed by atoms with Crippen molar-refractivity contribution in [2.75, 3.05) is 0 Å². The number of halogens is 2. The summed E-state index contributed by atoms with van der Waals surface area (Å²) < 4.78 is 6.88. The largest absolute Gasteiger partial charge is 0.463 e. The maximum atomic E-state index is 12.4. The van der Waals surface area contributed by atoms with Gasteiger partial charge in [0.25, 0.3) is 5.91 Å². The molecule has 2 heterocycles. The molecule has 0 radical (unpaired) electrons. The van der Waals surface area contributed by atoms with Crippen LogP contribution in [0.2, 0.25) is 10.0 Å². The van der Waals surface area contributed by atoms with Crippen molar-refractivity contribution >= 4 is 50.5 Å². The second-order valence-corrected chi connectivity index (χ2v) is 7.26. The van der Waals surface area contributed by atoms with Gasteiger partial charge in [-0.2, -0.15) is 0 Å². The van der Waals surface area contributed by atoms with Crippen LogP contribution in [0.15, 0.2) is 41.9 Å². The third kappa shape index (κ3) is 4.42. The van der Waals surface area contributed by atoms with Crippen LogP contribution >= 0.6 is 34.5 Å². The van der Waals surface area contributed by atoms with Crippen molar-refractivity contribution in [3.8, 4) is 5.88 Å². The molecule has 7 heteroatoms. The van der Waals surface area contributed by atoms with E-state index >= 15 is 0 Å². The molecule has 1 amide bonds. The van der Waals surface area contributed by atoms with Gasteiger partial charge in [-0.3, -0.25) is 4.79 Å². The van der Waals surface area contributed by atoms with Crippen LogP contribution in [-0.4, -0.2) is 17.0 Å². The van der Waals surface area contributed by atoms with Gasteiger partial charge in [0.15, 0.2) is 6.10 Å². The van der Waals surface area contributed by atoms with Crippen molar-refractivity contribution < 1.29 is 9.53 Å². The molecule has 3 aromatic rings. The van der Waals surface area contributed by atoms with E-state index in [-0.39, 0.29) is 16.8 Å². The number of hydrogen-bond donors (Lipinski definition) is 1. The normalized spacial score (nSPS) is 12.1. The summed E-state index contributed by atoms with van der Waals surface area (Å²) in [6.45, 7) is 2.30. The van der Waals surface area contributed by atoms with Crippen LogP contribution < -0.4 is 10.1 Å². The Balaban J connectivity index is 1.63. The average Bonchev–Trinajstić information content (AvgIpc) is 3.07. The zero-order valence-corrected chi connectivity index (χ0v) is 15.8. The number of carbonyl (C=O) groups is 1. The van der Waals surface area contributed by atoms with E-state index < -0.39 is 6.10 Å². The molecule has 1 aromatic carbocycles. The molecule has 0 bridgehead atoms. The lowest BCUT2D eigenvalue weighted by molar-refractivity contribution is -0.128. The Bertz CT molecular complexity index is 898. The third-order valence-corrected chi connectivity index (χ3v) is 5.05. The fourth-order valence-electron chi connectivity index (χ4n) is 2.37. The van der Waals surface area contributed by atoms with Gasteiger partial charge in [0.2, 0.25) is 5.88 Å². The zero-order chi connectivity index (χ0) is 17.8. The minimum atomic E-state index is -0.670. The van der Waals surface area contributed by atoms with E-state index in [0.29, 0.717) is 18.0 Å². The summed E-state index contributed by atoms with van der Waals surface area (Å²) in [7, 11) is 0. The van der Waals surface area contributed by atoms with Crippen LogP contribution in [0.3, 0.4) is 0 Å². The number of hydrogen-bond acceptors (Lipinski definition) is 4. The van der Waals surface area contributed by atoms with E-state index in [1.54, 1.807) is 11.3 Å². The first kappa shape index (κ1) is 18.0. The summed E-state index contributed by atoms with van der Waals surface area (Å²) >= 11 is 13.6. The highest BCUT2D eigenvalue weighted by Crippen LogP contribution is 2.26. The van der Waals surface area contributed by atoms with Crippen molar-refractivity contribution in [1.29, 1.82) is 0 Å². The predicted octanol–water partition coefficient (Wildman–Crippen LogP) is 5.08. The van der Waals surface area contributed by atoms with Crippen molar-refractivity contribution in [3.63, 3.8) is 0 Å². The van der Waals surface area contributed by atoms with E-state index in [1.165, 1.54) is 22.3 Å². The zero-order valence-electron chi connectivity index (χ0n) is 13.5. The quantitative estimate of drug-likeness (QED) is 0.634. The van der Waals surface area contributed by atoms with Crippen LogP contribution in [0.5, 0.6) is 5.88 Å². The molecule has 130 valence electrons. The van der Waals surface area contributed by atoms with Crippen molar-refractivity contribution in [3.05, 3.63) is 57.5 Å². The van der Waals surface area contributed by atoms with Gasteiger partial charge in [-0.15, -0.1) is 11.3 Å². The molecule has 0 saturated heterocycles. The number of rotatable bonds is 6. The fraction of sp³-hybridized carbons (Fsp3) is 0.222. The maximum Gasteiger partial charge on any atom is 0.261 e. The molecule has 0 spiro atoms. The molecule has 2 aromatic heterocycles. The Morgan fingerprint density at radius 2 is 2.16 bits per heavy atom. The highest BCUT2D eigenvalue weighted by atomic mass is 35.5. The molecule has 1 atom stereocenters. The average molecular weight is 395 g/mol. The van der Waals surface area contributed by atoms with Crippen LogP contribution in [0.25, 0.3) is 10.1 Å². The molecule has 0 aliphatic rings. The number of ether oxygens (including phenoxy) is 1. The first-order valence-electron chi connectivity index (χ1n) is 7.78. The number of nitrogens with one attached hydrogen (secondary N) is 1. The van der Waals surface area contributed by atoms with Gasteiger partial charge in [-0.05, 0) is 47.0 Å². The van der Waals surface area contributed by atoms with E-state index in [9.17, 15) is 4.79 Å². The summed E-state index contributed by atoms with van der Waals surface area (Å²) in [5.74, 6) is -0.00603. The van der Waals surface area contributed by atoms with Crippen molar-refractivity contribution in [2.45, 2.75) is 26.0 Å². The Morgan fingerprint density at radius 1 is 1.32 bits per heavy atom. The number of benzene rings is 1. The summed E-state index contributed by atoms with van der Waals surface area (Å²) in [5.41, 5.74) is 1.04. The summed E-state index contributed by atoms with van der Waals surface area (Å²) in [6.07, 6.45) is 1.26. The van der Waals surface area contributed by atoms with Crippen molar-refractivity contribution in [2.24, 2.45) is 0 Å². The standard InChI is InChI=1S/C18H16Cl2N2O2S/c1-2-15(24-18-14(20)8-13(19)10-22-18)17(23)21-9-11-3-4-16-12(7-11)5-6-25-16/h3-8,10,15H,2,9H2,1H3,(H,21,23). The van der Waals surface area contributed by atoms with E-state index in [0.717, 1.165) is 5.56 Å². The number of aromatic nitrogens is 1. The van der Waals surface area contributed by atoms with Gasteiger partial charge in [-0.1, -0.05) is 36.2 Å². The molecular formula is C18H16Cl2N2O2S. The predicted molar refractivity (Wildman–Crippen MR) is 103 cm³/mol. The van der Waals surface area contributed by atoms with E-state index in [4.69, 9.17) is 27.9 Å². The van der Waals surface area contributed by atoms with Gasteiger partial charge in [-0.25, -0.2) is 4.98 Å². The van der Waals surface area contributed by atoms with E-state index in [1.807, 2.05) is 13.0 Å². The molecule has 25 heavy (non-hydrogen) atoms. The van der Waals surface area contributed by atoms with Gasteiger partial charge in [0.1, 0.15) is 5.02 Å². The fourth-order valence-corrected chi connectivity index (χ4v) is 3.57. The minimum absolute atomic E-state index is 0.202. The van der Waals surface area contributed by atoms with Crippen LogP contribution in [0.4, 0.5) is 0 Å². The molecule has 0 aliphatic carbocycles. The van der Waals surface area contributed by atoms with Gasteiger partial charge >= 0.3 is 0 Å². The minimum Gasteiger partial charge on any atom is -0.463 e. The van der Waals surface area contributed by atoms with Gasteiger partial charge in [0.05, 0.1) is 5.02 Å². The second kappa shape index (κ2) is 8.04. The lowest BCUT2D eigenvalue weighted by atomic mass is 10.1. The number of fused-ring (bicyclic) bond motifs is 1. The van der Waals surface area contributed by atoms with Gasteiger partial charge in [0, 0.05) is 17.4 Å². The summed E-state index contributed by atoms with van der Waals surface area (Å²) in [5, 5.41) is 6.83. The number of amides is 1. The molecule has 0 fully saturated rings. The number of pyridine rings is 1. The molecule has 1 unspecified atom stereocenters. The Labute approximate surface area is 159 Å². The molecule has 1 N–H and O–H groups in total. The monoisotopic (exact) mass is 394 g/mol. The van der Waals surface area contributed by atoms with Crippen LogP contribution in [0.1, 0.15) is 18.9 Å². The van der Waals surface area contributed by atoms with Crippen LogP contribution in [-0.2, 0) is 11.3 Å².